The molecule has 0 aromatic heterocycles. The van der Waals surface area contributed by atoms with E-state index in [0.29, 0.717) is 11.6 Å². The van der Waals surface area contributed by atoms with Crippen molar-refractivity contribution in [3.63, 3.8) is 0 Å². The predicted molar refractivity (Wildman–Crippen MR) is 67.6 cm³/mol. The second-order valence-corrected chi connectivity index (χ2v) is 4.61. The number of halogens is 1. The molecule has 1 amide bonds. The number of carbonyl (C=O) groups excluding carboxylic acids is 1. The van der Waals surface area contributed by atoms with Gasteiger partial charge in [-0.1, -0.05) is 11.6 Å². The number of hydrogen-bond donors (Lipinski definition) is 2. The molecule has 1 aromatic carbocycles. The second kappa shape index (κ2) is 5.56. The zero-order valence-corrected chi connectivity index (χ0v) is 10.6. The van der Waals surface area contributed by atoms with E-state index in [1.807, 2.05) is 6.07 Å². The fraction of sp³-hybridized carbons (Fsp3) is 0.417. The molecule has 0 aliphatic carbocycles. The van der Waals surface area contributed by atoms with Crippen LogP contribution in [0.15, 0.2) is 12.1 Å². The number of fused-ring (bicyclic) bond motifs is 1. The lowest BCUT2D eigenvalue weighted by atomic mass is 10.0. The van der Waals surface area contributed by atoms with Gasteiger partial charge in [0.1, 0.15) is 12.4 Å². The maximum atomic E-state index is 10.6. The number of hydrogen-bond acceptors (Lipinski definition) is 4. The zero-order chi connectivity index (χ0) is 13.1. The lowest BCUT2D eigenvalue weighted by Crippen LogP contribution is -2.23. The van der Waals surface area contributed by atoms with Crippen LogP contribution < -0.4 is 16.2 Å². The van der Waals surface area contributed by atoms with Crippen molar-refractivity contribution in [2.75, 3.05) is 19.8 Å². The summed E-state index contributed by atoms with van der Waals surface area (Å²) in [5.74, 6) is 0.268. The number of rotatable bonds is 5. The third-order valence-electron chi connectivity index (χ3n) is 2.72. The summed E-state index contributed by atoms with van der Waals surface area (Å²) in [6, 6.07) is 3.25. The average Bonchev–Trinajstić information content (AvgIpc) is 2.74. The lowest BCUT2D eigenvalue weighted by molar-refractivity contribution is -0.122. The summed E-state index contributed by atoms with van der Waals surface area (Å²) in [4.78, 5) is 10.6. The van der Waals surface area contributed by atoms with Crippen molar-refractivity contribution < 1.29 is 14.3 Å². The molecule has 2 rings (SSSR count). The summed E-state index contributed by atoms with van der Waals surface area (Å²) < 4.78 is 10.7. The van der Waals surface area contributed by atoms with Crippen LogP contribution in [0.25, 0.3) is 0 Å². The third-order valence-corrected chi connectivity index (χ3v) is 2.94. The minimum absolute atomic E-state index is 0.142. The molecular weight excluding hydrogens is 256 g/mol. The topological polar surface area (TPSA) is 87.6 Å². The molecule has 1 atom stereocenters. The van der Waals surface area contributed by atoms with Gasteiger partial charge < -0.3 is 20.9 Å². The fourth-order valence-electron chi connectivity index (χ4n) is 1.95. The van der Waals surface area contributed by atoms with E-state index in [0.717, 1.165) is 23.3 Å². The van der Waals surface area contributed by atoms with Crippen LogP contribution in [0, 0.1) is 0 Å². The normalized spacial score (nSPS) is 15.0. The summed E-state index contributed by atoms with van der Waals surface area (Å²) in [6.07, 6.45) is 0.831. The maximum absolute atomic E-state index is 10.6. The fourth-order valence-corrected chi connectivity index (χ4v) is 2.20. The molecule has 18 heavy (non-hydrogen) atoms. The highest BCUT2D eigenvalue weighted by Crippen LogP contribution is 2.35. The standard InChI is InChI=1S/C12H15ClN2O3/c13-8-3-7-1-2-18-12(7)9(4-8)10(14)5-17-6-11(15)16/h3-4,10H,1-2,5-6,14H2,(H2,15,16). The van der Waals surface area contributed by atoms with Gasteiger partial charge >= 0.3 is 0 Å². The van der Waals surface area contributed by atoms with Gasteiger partial charge in [-0.15, -0.1) is 0 Å². The second-order valence-electron chi connectivity index (χ2n) is 4.17. The van der Waals surface area contributed by atoms with Gasteiger partial charge in [0.2, 0.25) is 5.91 Å². The van der Waals surface area contributed by atoms with Crippen LogP contribution in [-0.2, 0) is 16.0 Å². The number of amides is 1. The van der Waals surface area contributed by atoms with E-state index in [1.165, 1.54) is 0 Å². The molecule has 0 saturated carbocycles. The quantitative estimate of drug-likeness (QED) is 0.827. The van der Waals surface area contributed by atoms with Crippen molar-refractivity contribution in [2.45, 2.75) is 12.5 Å². The van der Waals surface area contributed by atoms with Crippen molar-refractivity contribution in [1.29, 1.82) is 0 Å². The minimum Gasteiger partial charge on any atom is -0.493 e. The SMILES string of the molecule is NC(=O)COCC(N)c1cc(Cl)cc2c1OCC2. The molecule has 1 unspecified atom stereocenters. The summed E-state index contributed by atoms with van der Waals surface area (Å²) in [5, 5.41) is 0.625. The van der Waals surface area contributed by atoms with Crippen molar-refractivity contribution >= 4 is 17.5 Å². The van der Waals surface area contributed by atoms with Gasteiger partial charge in [0.15, 0.2) is 0 Å². The number of nitrogens with two attached hydrogens (primary N) is 2. The highest BCUT2D eigenvalue weighted by molar-refractivity contribution is 6.30. The molecule has 1 heterocycles. The Bertz CT molecular complexity index is 465. The summed E-state index contributed by atoms with van der Waals surface area (Å²) in [5.41, 5.74) is 12.9. The molecule has 0 fully saturated rings. The summed E-state index contributed by atoms with van der Waals surface area (Å²) in [7, 11) is 0. The molecule has 0 saturated heterocycles. The first-order valence-electron chi connectivity index (χ1n) is 5.64. The number of ether oxygens (including phenoxy) is 2. The van der Waals surface area contributed by atoms with Crippen LogP contribution >= 0.6 is 11.6 Å². The van der Waals surface area contributed by atoms with Crippen LogP contribution in [-0.4, -0.2) is 25.7 Å². The molecule has 1 aliphatic heterocycles. The van der Waals surface area contributed by atoms with Gasteiger partial charge in [0, 0.05) is 17.0 Å². The van der Waals surface area contributed by atoms with E-state index in [9.17, 15) is 4.79 Å². The maximum Gasteiger partial charge on any atom is 0.243 e. The largest absolute Gasteiger partial charge is 0.493 e. The van der Waals surface area contributed by atoms with Gasteiger partial charge in [-0.05, 0) is 17.7 Å². The predicted octanol–water partition coefficient (Wildman–Crippen LogP) is 0.777. The first-order valence-corrected chi connectivity index (χ1v) is 6.02. The molecule has 1 aliphatic rings. The zero-order valence-electron chi connectivity index (χ0n) is 9.82. The van der Waals surface area contributed by atoms with Crippen LogP contribution in [0.3, 0.4) is 0 Å². The van der Waals surface area contributed by atoms with Crippen LogP contribution in [0.1, 0.15) is 17.2 Å². The highest BCUT2D eigenvalue weighted by Gasteiger charge is 2.21. The Kier molecular flexibility index (Phi) is 4.06. The third kappa shape index (κ3) is 2.93. The van der Waals surface area contributed by atoms with Crippen molar-refractivity contribution in [3.8, 4) is 5.75 Å². The Morgan fingerprint density at radius 1 is 1.56 bits per heavy atom. The molecule has 4 N–H and O–H groups in total. The molecule has 0 spiro atoms. The van der Waals surface area contributed by atoms with Crippen molar-refractivity contribution in [2.24, 2.45) is 11.5 Å². The van der Waals surface area contributed by atoms with Gasteiger partial charge in [0.25, 0.3) is 0 Å². The molecule has 98 valence electrons. The van der Waals surface area contributed by atoms with Gasteiger partial charge in [-0.2, -0.15) is 0 Å². The Morgan fingerprint density at radius 3 is 3.06 bits per heavy atom. The van der Waals surface area contributed by atoms with Crippen molar-refractivity contribution in [1.82, 2.24) is 0 Å². The lowest BCUT2D eigenvalue weighted by Gasteiger charge is -2.16. The monoisotopic (exact) mass is 270 g/mol. The van der Waals surface area contributed by atoms with E-state index in [4.69, 9.17) is 32.5 Å². The Balaban J connectivity index is 2.10. The van der Waals surface area contributed by atoms with E-state index in [-0.39, 0.29) is 13.2 Å². The van der Waals surface area contributed by atoms with E-state index in [1.54, 1.807) is 6.07 Å². The Labute approximate surface area is 110 Å². The van der Waals surface area contributed by atoms with Crippen LogP contribution in [0.5, 0.6) is 5.75 Å². The van der Waals surface area contributed by atoms with Crippen molar-refractivity contribution in [3.05, 3.63) is 28.3 Å². The molecular formula is C12H15ClN2O3. The molecule has 6 heteroatoms. The smallest absolute Gasteiger partial charge is 0.243 e. The number of primary amides is 1. The Hall–Kier alpha value is -1.30. The van der Waals surface area contributed by atoms with Gasteiger partial charge in [-0.25, -0.2) is 0 Å². The number of benzene rings is 1. The van der Waals surface area contributed by atoms with Gasteiger partial charge in [-0.3, -0.25) is 4.79 Å². The van der Waals surface area contributed by atoms with E-state index in [2.05, 4.69) is 0 Å². The Morgan fingerprint density at radius 2 is 2.33 bits per heavy atom. The molecule has 0 bridgehead atoms. The average molecular weight is 271 g/mol. The van der Waals surface area contributed by atoms with E-state index < -0.39 is 11.9 Å². The van der Waals surface area contributed by atoms with E-state index >= 15 is 0 Å². The first-order chi connectivity index (χ1) is 8.58. The number of carbonyl (C=O) groups is 1. The minimum atomic E-state index is -0.519. The summed E-state index contributed by atoms with van der Waals surface area (Å²) in [6.45, 7) is 0.688. The molecule has 0 radical (unpaired) electrons. The van der Waals surface area contributed by atoms with Gasteiger partial charge in [0.05, 0.1) is 19.3 Å². The molecule has 5 nitrogen and oxygen atoms in total. The van der Waals surface area contributed by atoms with Crippen LogP contribution in [0.2, 0.25) is 5.02 Å². The molecule has 1 aromatic rings. The summed E-state index contributed by atoms with van der Waals surface area (Å²) >= 11 is 6.03. The first kappa shape index (κ1) is 13.1. The highest BCUT2D eigenvalue weighted by atomic mass is 35.5. The van der Waals surface area contributed by atoms with Crippen LogP contribution in [0.4, 0.5) is 0 Å².